The van der Waals surface area contributed by atoms with E-state index in [0.717, 1.165) is 18.4 Å². The molecular formula is C15H24N2O2. The van der Waals surface area contributed by atoms with Crippen LogP contribution in [-0.2, 0) is 4.79 Å². The van der Waals surface area contributed by atoms with E-state index in [1.54, 1.807) is 0 Å². The summed E-state index contributed by atoms with van der Waals surface area (Å²) in [5.74, 6) is 0.539. The van der Waals surface area contributed by atoms with Gasteiger partial charge in [-0.2, -0.15) is 0 Å². The third kappa shape index (κ3) is 4.91. The fraction of sp³-hybridized carbons (Fsp3) is 0.533. The van der Waals surface area contributed by atoms with Gasteiger partial charge in [0, 0.05) is 0 Å². The number of hydrogen-bond acceptors (Lipinski definition) is 3. The van der Waals surface area contributed by atoms with Crippen LogP contribution >= 0.6 is 0 Å². The lowest BCUT2D eigenvalue weighted by Gasteiger charge is -2.15. The number of benzene rings is 1. The van der Waals surface area contributed by atoms with E-state index in [-0.39, 0.29) is 5.91 Å². The van der Waals surface area contributed by atoms with Crippen LogP contribution in [0.3, 0.4) is 0 Å². The second-order valence-corrected chi connectivity index (χ2v) is 4.67. The molecule has 0 spiro atoms. The Balaban J connectivity index is 2.72. The molecule has 0 unspecified atom stereocenters. The molecule has 0 bridgehead atoms. The van der Waals surface area contributed by atoms with Crippen LogP contribution in [0.25, 0.3) is 0 Å². The molecule has 106 valence electrons. The van der Waals surface area contributed by atoms with Gasteiger partial charge in [0.15, 0.2) is 0 Å². The monoisotopic (exact) mass is 264 g/mol. The molecule has 1 amide bonds. The second kappa shape index (κ2) is 7.79. The Kier molecular flexibility index (Phi) is 6.36. The minimum Gasteiger partial charge on any atom is -0.492 e. The first-order valence-electron chi connectivity index (χ1n) is 6.88. The molecule has 0 heterocycles. The van der Waals surface area contributed by atoms with E-state index in [4.69, 9.17) is 10.5 Å². The van der Waals surface area contributed by atoms with E-state index >= 15 is 0 Å². The van der Waals surface area contributed by atoms with Crippen LogP contribution in [0.5, 0.6) is 5.75 Å². The number of rotatable bonds is 7. The highest BCUT2D eigenvalue weighted by Crippen LogP contribution is 2.25. The maximum atomic E-state index is 12.0. The summed E-state index contributed by atoms with van der Waals surface area (Å²) in [5, 5.41) is 2.84. The fourth-order valence-corrected chi connectivity index (χ4v) is 1.79. The van der Waals surface area contributed by atoms with Crippen molar-refractivity contribution in [1.29, 1.82) is 0 Å². The van der Waals surface area contributed by atoms with Crippen LogP contribution < -0.4 is 15.8 Å². The number of unbranched alkanes of at least 4 members (excludes halogenated alkanes) is 1. The van der Waals surface area contributed by atoms with E-state index < -0.39 is 6.04 Å². The van der Waals surface area contributed by atoms with Gasteiger partial charge in [-0.05, 0) is 38.0 Å². The molecule has 0 saturated carbocycles. The molecule has 19 heavy (non-hydrogen) atoms. The fourth-order valence-electron chi connectivity index (χ4n) is 1.79. The summed E-state index contributed by atoms with van der Waals surface area (Å²) in [6.07, 6.45) is 2.70. The molecule has 0 aromatic heterocycles. The number of amides is 1. The molecule has 0 aliphatic carbocycles. The molecule has 0 aliphatic heterocycles. The van der Waals surface area contributed by atoms with Crippen molar-refractivity contribution in [3.8, 4) is 5.75 Å². The summed E-state index contributed by atoms with van der Waals surface area (Å²) in [4.78, 5) is 12.0. The highest BCUT2D eigenvalue weighted by Gasteiger charge is 2.15. The van der Waals surface area contributed by atoms with E-state index in [9.17, 15) is 4.79 Å². The molecule has 1 aromatic carbocycles. The Hall–Kier alpha value is -1.55. The molecule has 4 nitrogen and oxygen atoms in total. The molecule has 1 aromatic rings. The van der Waals surface area contributed by atoms with Crippen molar-refractivity contribution < 1.29 is 9.53 Å². The first kappa shape index (κ1) is 15.5. The summed E-state index contributed by atoms with van der Waals surface area (Å²) in [6, 6.07) is 5.24. The van der Waals surface area contributed by atoms with E-state index in [2.05, 4.69) is 12.2 Å². The summed E-state index contributed by atoms with van der Waals surface area (Å²) in [7, 11) is 0. The van der Waals surface area contributed by atoms with Crippen LogP contribution in [0.2, 0.25) is 0 Å². The minimum atomic E-state index is -0.462. The Bertz CT molecular complexity index is 419. The van der Waals surface area contributed by atoms with Crippen LogP contribution in [0.1, 0.15) is 38.7 Å². The number of anilines is 1. The van der Waals surface area contributed by atoms with Gasteiger partial charge in [-0.3, -0.25) is 4.79 Å². The number of aryl methyl sites for hydroxylation is 1. The van der Waals surface area contributed by atoms with Crippen molar-refractivity contribution in [3.05, 3.63) is 23.8 Å². The van der Waals surface area contributed by atoms with Gasteiger partial charge >= 0.3 is 0 Å². The number of nitrogens with two attached hydrogens (primary N) is 1. The van der Waals surface area contributed by atoms with Crippen molar-refractivity contribution in [3.63, 3.8) is 0 Å². The lowest BCUT2D eigenvalue weighted by molar-refractivity contribution is -0.117. The minimum absolute atomic E-state index is 0.154. The van der Waals surface area contributed by atoms with Gasteiger partial charge in [0.2, 0.25) is 5.91 Å². The molecule has 4 heteroatoms. The van der Waals surface area contributed by atoms with Gasteiger partial charge in [0.25, 0.3) is 0 Å². The predicted octanol–water partition coefficient (Wildman–Crippen LogP) is 2.85. The van der Waals surface area contributed by atoms with Crippen LogP contribution in [0.4, 0.5) is 5.69 Å². The Morgan fingerprint density at radius 1 is 1.42 bits per heavy atom. The second-order valence-electron chi connectivity index (χ2n) is 4.67. The molecule has 0 fully saturated rings. The zero-order valence-electron chi connectivity index (χ0n) is 12.0. The predicted molar refractivity (Wildman–Crippen MR) is 78.5 cm³/mol. The quantitative estimate of drug-likeness (QED) is 0.796. The maximum absolute atomic E-state index is 12.0. The Labute approximate surface area is 115 Å². The lowest BCUT2D eigenvalue weighted by atomic mass is 10.1. The van der Waals surface area contributed by atoms with Crippen LogP contribution in [-0.4, -0.2) is 18.6 Å². The average molecular weight is 264 g/mol. The summed E-state index contributed by atoms with van der Waals surface area (Å²) in [6.45, 7) is 6.55. The van der Waals surface area contributed by atoms with Crippen molar-refractivity contribution in [1.82, 2.24) is 0 Å². The normalized spacial score (nSPS) is 12.0. The van der Waals surface area contributed by atoms with Crippen molar-refractivity contribution in [2.45, 2.75) is 46.1 Å². The SMILES string of the molecule is CCCC[C@H](N)C(=O)Nc1ccc(C)cc1OCC. The molecule has 0 saturated heterocycles. The number of ether oxygens (including phenoxy) is 1. The van der Waals surface area contributed by atoms with Gasteiger partial charge in [0.05, 0.1) is 18.3 Å². The Morgan fingerprint density at radius 3 is 2.79 bits per heavy atom. The third-order valence-electron chi connectivity index (χ3n) is 2.90. The lowest BCUT2D eigenvalue weighted by Crippen LogP contribution is -2.35. The van der Waals surface area contributed by atoms with Crippen molar-refractivity contribution in [2.75, 3.05) is 11.9 Å². The molecule has 1 atom stereocenters. The summed E-state index contributed by atoms with van der Waals surface area (Å²) < 4.78 is 5.52. The van der Waals surface area contributed by atoms with Gasteiger partial charge in [-0.15, -0.1) is 0 Å². The van der Waals surface area contributed by atoms with Gasteiger partial charge in [-0.1, -0.05) is 25.8 Å². The van der Waals surface area contributed by atoms with E-state index in [1.807, 2.05) is 32.0 Å². The summed E-state index contributed by atoms with van der Waals surface area (Å²) in [5.41, 5.74) is 7.63. The smallest absolute Gasteiger partial charge is 0.241 e. The van der Waals surface area contributed by atoms with Crippen LogP contribution in [0, 0.1) is 6.92 Å². The first-order chi connectivity index (χ1) is 9.08. The standard InChI is InChI=1S/C15H24N2O2/c1-4-6-7-12(16)15(18)17-13-9-8-11(3)10-14(13)19-5-2/h8-10,12H,4-7,16H2,1-3H3,(H,17,18)/t12-/m0/s1. The maximum Gasteiger partial charge on any atom is 0.241 e. The molecular weight excluding hydrogens is 240 g/mol. The molecule has 1 rings (SSSR count). The van der Waals surface area contributed by atoms with Crippen molar-refractivity contribution >= 4 is 11.6 Å². The zero-order valence-corrected chi connectivity index (χ0v) is 12.0. The first-order valence-corrected chi connectivity index (χ1v) is 6.88. The molecule has 0 aliphatic rings. The summed E-state index contributed by atoms with van der Waals surface area (Å²) >= 11 is 0. The number of carbonyl (C=O) groups is 1. The topological polar surface area (TPSA) is 64.4 Å². The molecule has 0 radical (unpaired) electrons. The Morgan fingerprint density at radius 2 is 2.16 bits per heavy atom. The van der Waals surface area contributed by atoms with Crippen molar-refractivity contribution in [2.24, 2.45) is 5.73 Å². The highest BCUT2D eigenvalue weighted by molar-refractivity contribution is 5.95. The van der Waals surface area contributed by atoms with E-state index in [1.165, 1.54) is 0 Å². The van der Waals surface area contributed by atoms with Gasteiger partial charge < -0.3 is 15.8 Å². The highest BCUT2D eigenvalue weighted by atomic mass is 16.5. The molecule has 3 N–H and O–H groups in total. The number of nitrogens with one attached hydrogen (secondary N) is 1. The van der Waals surface area contributed by atoms with E-state index in [0.29, 0.717) is 24.5 Å². The van der Waals surface area contributed by atoms with Gasteiger partial charge in [-0.25, -0.2) is 0 Å². The van der Waals surface area contributed by atoms with Crippen LogP contribution in [0.15, 0.2) is 18.2 Å². The third-order valence-corrected chi connectivity index (χ3v) is 2.90. The largest absolute Gasteiger partial charge is 0.492 e. The average Bonchev–Trinajstić information content (AvgIpc) is 2.39. The number of hydrogen-bond donors (Lipinski definition) is 2. The van der Waals surface area contributed by atoms with Gasteiger partial charge in [0.1, 0.15) is 5.75 Å². The number of carbonyl (C=O) groups excluding carboxylic acids is 1. The zero-order chi connectivity index (χ0) is 14.3.